The molecule has 0 fully saturated rings. The maximum Gasteiger partial charge on any atom is 0.340 e. The van der Waals surface area contributed by atoms with Gasteiger partial charge in [0.15, 0.2) is 0 Å². The van der Waals surface area contributed by atoms with Crippen LogP contribution >= 0.6 is 0 Å². The third-order valence-corrected chi connectivity index (χ3v) is 3.89. The number of methoxy groups -OCH3 is 1. The third kappa shape index (κ3) is 1.98. The van der Waals surface area contributed by atoms with Crippen LogP contribution in [0.3, 0.4) is 0 Å². The molecule has 1 aliphatic rings. The first-order valence-electron chi connectivity index (χ1n) is 6.91. The van der Waals surface area contributed by atoms with Gasteiger partial charge in [-0.25, -0.2) is 4.79 Å². The van der Waals surface area contributed by atoms with Gasteiger partial charge in [-0.2, -0.15) is 0 Å². The molecule has 1 heterocycles. The molecule has 0 saturated carbocycles. The molecule has 1 aliphatic heterocycles. The molecule has 1 amide bonds. The average Bonchev–Trinajstić information content (AvgIpc) is 2.78. The predicted octanol–water partition coefficient (Wildman–Crippen LogP) is 1.56. The van der Waals surface area contributed by atoms with Gasteiger partial charge in [0.2, 0.25) is 5.54 Å². The Bertz CT molecular complexity index is 730. The highest BCUT2D eigenvalue weighted by molar-refractivity contribution is 6.19. The number of rotatable bonds is 3. The van der Waals surface area contributed by atoms with Crippen molar-refractivity contribution in [3.8, 4) is 0 Å². The maximum atomic E-state index is 12.8. The number of hydrogen-bond donors (Lipinski definition) is 1. The Kier molecular flexibility index (Phi) is 3.42. The highest BCUT2D eigenvalue weighted by Crippen LogP contribution is 2.40. The summed E-state index contributed by atoms with van der Waals surface area (Å²) in [7, 11) is 1.23. The molecule has 0 unspecified atom stereocenters. The van der Waals surface area contributed by atoms with Crippen LogP contribution in [0.5, 0.6) is 0 Å². The summed E-state index contributed by atoms with van der Waals surface area (Å²) in [6.07, 6.45) is 0. The summed E-state index contributed by atoms with van der Waals surface area (Å²) in [6.45, 7) is 0.354. The SMILES string of the molecule is COC(=O)[C@]1(N)C(=O)N(Cc2ccccc2)c2ccccc21. The van der Waals surface area contributed by atoms with Crippen LogP contribution in [0.4, 0.5) is 5.69 Å². The second-order valence-corrected chi connectivity index (χ2v) is 5.19. The third-order valence-electron chi connectivity index (χ3n) is 3.89. The fourth-order valence-electron chi connectivity index (χ4n) is 2.76. The van der Waals surface area contributed by atoms with Crippen LogP contribution in [0.15, 0.2) is 54.6 Å². The van der Waals surface area contributed by atoms with Crippen LogP contribution in [-0.2, 0) is 26.4 Å². The normalized spacial score (nSPS) is 19.9. The number of nitrogens with two attached hydrogens (primary N) is 1. The Morgan fingerprint density at radius 3 is 2.45 bits per heavy atom. The zero-order valence-corrected chi connectivity index (χ0v) is 12.2. The van der Waals surface area contributed by atoms with Crippen molar-refractivity contribution in [1.29, 1.82) is 0 Å². The standard InChI is InChI=1S/C17H16N2O3/c1-22-16(21)17(18)13-9-5-6-10-14(13)19(15(17)20)11-12-7-3-2-4-8-12/h2-10H,11,18H2,1H3/t17-/m1/s1. The number of carbonyl (C=O) groups is 2. The summed E-state index contributed by atoms with van der Waals surface area (Å²) in [5, 5.41) is 0. The van der Waals surface area contributed by atoms with Crippen LogP contribution < -0.4 is 10.6 Å². The molecule has 0 saturated heterocycles. The molecule has 22 heavy (non-hydrogen) atoms. The number of carbonyl (C=O) groups excluding carboxylic acids is 2. The lowest BCUT2D eigenvalue weighted by molar-refractivity contribution is -0.151. The molecular weight excluding hydrogens is 280 g/mol. The van der Waals surface area contributed by atoms with Crippen LogP contribution in [0, 0.1) is 0 Å². The van der Waals surface area contributed by atoms with Gasteiger partial charge in [-0.05, 0) is 11.6 Å². The predicted molar refractivity (Wildman–Crippen MR) is 82.0 cm³/mol. The van der Waals surface area contributed by atoms with Crippen molar-refractivity contribution in [1.82, 2.24) is 0 Å². The van der Waals surface area contributed by atoms with E-state index in [1.807, 2.05) is 36.4 Å². The molecule has 0 aliphatic carbocycles. The highest BCUT2D eigenvalue weighted by atomic mass is 16.5. The minimum Gasteiger partial charge on any atom is -0.467 e. The van der Waals surface area contributed by atoms with Crippen molar-refractivity contribution in [3.05, 3.63) is 65.7 Å². The highest BCUT2D eigenvalue weighted by Gasteiger charge is 2.54. The average molecular weight is 296 g/mol. The molecule has 2 aromatic rings. The topological polar surface area (TPSA) is 72.6 Å². The molecule has 0 radical (unpaired) electrons. The Morgan fingerprint density at radius 2 is 1.77 bits per heavy atom. The number of amides is 1. The van der Waals surface area contributed by atoms with Gasteiger partial charge in [-0.3, -0.25) is 4.79 Å². The number of para-hydroxylation sites is 1. The number of fused-ring (bicyclic) bond motifs is 1. The first-order chi connectivity index (χ1) is 10.6. The second-order valence-electron chi connectivity index (χ2n) is 5.19. The summed E-state index contributed by atoms with van der Waals surface area (Å²) in [6, 6.07) is 16.6. The lowest BCUT2D eigenvalue weighted by atomic mass is 9.93. The molecule has 1 atom stereocenters. The molecule has 112 valence electrons. The molecular formula is C17H16N2O3. The Labute approximate surface area is 128 Å². The van der Waals surface area contributed by atoms with Crippen molar-refractivity contribution < 1.29 is 14.3 Å². The first kappa shape index (κ1) is 14.3. The van der Waals surface area contributed by atoms with Crippen LogP contribution in [0.2, 0.25) is 0 Å². The summed E-state index contributed by atoms with van der Waals surface area (Å²) >= 11 is 0. The van der Waals surface area contributed by atoms with Gasteiger partial charge < -0.3 is 15.4 Å². The van der Waals surface area contributed by atoms with E-state index in [4.69, 9.17) is 10.5 Å². The summed E-state index contributed by atoms with van der Waals surface area (Å²) < 4.78 is 4.75. The Morgan fingerprint density at radius 1 is 1.14 bits per heavy atom. The van der Waals surface area contributed by atoms with Crippen LogP contribution in [0.1, 0.15) is 11.1 Å². The van der Waals surface area contributed by atoms with Crippen molar-refractivity contribution >= 4 is 17.6 Å². The van der Waals surface area contributed by atoms with Gasteiger partial charge in [-0.1, -0.05) is 48.5 Å². The van der Waals surface area contributed by atoms with E-state index in [9.17, 15) is 9.59 Å². The number of ether oxygens (including phenoxy) is 1. The van der Waals surface area contributed by atoms with E-state index in [2.05, 4.69) is 0 Å². The zero-order valence-electron chi connectivity index (χ0n) is 12.2. The second kappa shape index (κ2) is 5.27. The summed E-state index contributed by atoms with van der Waals surface area (Å²) in [5.74, 6) is -1.22. The van der Waals surface area contributed by atoms with E-state index >= 15 is 0 Å². The maximum absolute atomic E-state index is 12.8. The van der Waals surface area contributed by atoms with E-state index in [1.54, 1.807) is 18.2 Å². The molecule has 0 spiro atoms. The molecule has 5 heteroatoms. The largest absolute Gasteiger partial charge is 0.467 e. The van der Waals surface area contributed by atoms with E-state index < -0.39 is 17.4 Å². The van der Waals surface area contributed by atoms with E-state index in [1.165, 1.54) is 12.0 Å². The number of esters is 1. The quantitative estimate of drug-likeness (QED) is 0.689. The van der Waals surface area contributed by atoms with Crippen molar-refractivity contribution in [2.75, 3.05) is 12.0 Å². The monoisotopic (exact) mass is 296 g/mol. The first-order valence-corrected chi connectivity index (χ1v) is 6.91. The van der Waals surface area contributed by atoms with Crippen LogP contribution in [0.25, 0.3) is 0 Å². The molecule has 3 rings (SSSR count). The summed E-state index contributed by atoms with van der Waals surface area (Å²) in [5.41, 5.74) is 6.44. The lowest BCUT2D eigenvalue weighted by Crippen LogP contribution is -2.53. The molecule has 5 nitrogen and oxygen atoms in total. The minimum atomic E-state index is -1.78. The zero-order chi connectivity index (χ0) is 15.7. The Hall–Kier alpha value is -2.66. The molecule has 2 aromatic carbocycles. The van der Waals surface area contributed by atoms with E-state index in [0.29, 0.717) is 17.8 Å². The molecule has 2 N–H and O–H groups in total. The fraction of sp³-hybridized carbons (Fsp3) is 0.176. The smallest absolute Gasteiger partial charge is 0.340 e. The van der Waals surface area contributed by atoms with Gasteiger partial charge in [0.25, 0.3) is 5.91 Å². The van der Waals surface area contributed by atoms with Gasteiger partial charge >= 0.3 is 5.97 Å². The minimum absolute atomic E-state index is 0.354. The van der Waals surface area contributed by atoms with Gasteiger partial charge in [0.05, 0.1) is 19.3 Å². The number of benzene rings is 2. The molecule has 0 aromatic heterocycles. The molecule has 0 bridgehead atoms. The van der Waals surface area contributed by atoms with Gasteiger partial charge in [-0.15, -0.1) is 0 Å². The number of hydrogen-bond acceptors (Lipinski definition) is 4. The van der Waals surface area contributed by atoms with E-state index in [0.717, 1.165) is 5.56 Å². The van der Waals surface area contributed by atoms with Gasteiger partial charge in [0.1, 0.15) is 0 Å². The number of anilines is 1. The fourth-order valence-corrected chi connectivity index (χ4v) is 2.76. The van der Waals surface area contributed by atoms with Crippen molar-refractivity contribution in [3.63, 3.8) is 0 Å². The Balaban J connectivity index is 2.06. The van der Waals surface area contributed by atoms with Crippen molar-refractivity contribution in [2.45, 2.75) is 12.1 Å². The number of nitrogens with zero attached hydrogens (tertiary/aromatic N) is 1. The van der Waals surface area contributed by atoms with E-state index in [-0.39, 0.29) is 0 Å². The lowest BCUT2D eigenvalue weighted by Gasteiger charge is -2.21. The van der Waals surface area contributed by atoms with Gasteiger partial charge in [0, 0.05) is 5.56 Å². The summed E-state index contributed by atoms with van der Waals surface area (Å²) in [4.78, 5) is 26.4. The van der Waals surface area contributed by atoms with Crippen LogP contribution in [-0.4, -0.2) is 19.0 Å². The van der Waals surface area contributed by atoms with Crippen molar-refractivity contribution in [2.24, 2.45) is 5.73 Å².